The Morgan fingerprint density at radius 2 is 1.78 bits per heavy atom. The Hall–Kier alpha value is -1.09. The highest BCUT2D eigenvalue weighted by Crippen LogP contribution is 2.35. The van der Waals surface area contributed by atoms with Crippen molar-refractivity contribution in [3.8, 4) is 0 Å². The maximum Gasteiger partial charge on any atom is 0.277 e. The van der Waals surface area contributed by atoms with Gasteiger partial charge in [-0.25, -0.2) is 9.47 Å². The number of pyridine rings is 1. The second-order valence-electron chi connectivity index (χ2n) is 5.84. The molecule has 1 saturated carbocycles. The summed E-state index contributed by atoms with van der Waals surface area (Å²) in [6.45, 7) is 2.35. The Labute approximate surface area is 110 Å². The molecule has 0 N–H and O–H groups in total. The van der Waals surface area contributed by atoms with Crippen LogP contribution in [0.3, 0.4) is 0 Å². The van der Waals surface area contributed by atoms with Crippen LogP contribution in [-0.2, 0) is 7.05 Å². The summed E-state index contributed by atoms with van der Waals surface area (Å²) in [5.74, 6) is 1.35. The zero-order valence-electron chi connectivity index (χ0n) is 11.7. The number of aryl methyl sites for hydroxylation is 1. The second-order valence-corrected chi connectivity index (χ2v) is 5.84. The third-order valence-electron chi connectivity index (χ3n) is 4.92. The van der Waals surface area contributed by atoms with Gasteiger partial charge in [0.2, 0.25) is 0 Å². The summed E-state index contributed by atoms with van der Waals surface area (Å²) in [5.41, 5.74) is 0. The topological polar surface area (TPSA) is 10.4 Å². The van der Waals surface area contributed by atoms with Crippen LogP contribution in [0.25, 0.3) is 0 Å². The highest BCUT2D eigenvalue weighted by atomic mass is 15.4. The predicted octanol–water partition coefficient (Wildman–Crippen LogP) is 1.92. The molecule has 3 heteroatoms. The van der Waals surface area contributed by atoms with Crippen molar-refractivity contribution in [3.63, 3.8) is 0 Å². The first-order valence-corrected chi connectivity index (χ1v) is 7.13. The molecule has 1 aromatic rings. The molecular formula is C15H24N3+. The van der Waals surface area contributed by atoms with Crippen molar-refractivity contribution in [1.82, 2.24) is 4.90 Å². The molecule has 1 aromatic heterocycles. The molecule has 18 heavy (non-hydrogen) atoms. The van der Waals surface area contributed by atoms with Crippen molar-refractivity contribution < 1.29 is 4.57 Å². The number of rotatable bonds is 1. The van der Waals surface area contributed by atoms with Gasteiger partial charge in [0.05, 0.1) is 19.3 Å². The lowest BCUT2D eigenvalue weighted by molar-refractivity contribution is -0.659. The molecule has 1 aliphatic carbocycles. The maximum absolute atomic E-state index is 2.63. The minimum Gasteiger partial charge on any atom is -0.266 e. The summed E-state index contributed by atoms with van der Waals surface area (Å²) in [7, 11) is 4.44. The Bertz CT molecular complexity index is 424. The van der Waals surface area contributed by atoms with E-state index in [1.54, 1.807) is 0 Å². The van der Waals surface area contributed by atoms with E-state index in [1.807, 2.05) is 0 Å². The van der Waals surface area contributed by atoms with Gasteiger partial charge in [-0.05, 0) is 45.7 Å². The van der Waals surface area contributed by atoms with Crippen LogP contribution in [0.1, 0.15) is 32.6 Å². The molecule has 0 amide bonds. The van der Waals surface area contributed by atoms with Gasteiger partial charge in [0, 0.05) is 12.1 Å². The van der Waals surface area contributed by atoms with Gasteiger partial charge in [-0.15, -0.1) is 0 Å². The van der Waals surface area contributed by atoms with Gasteiger partial charge in [0.1, 0.15) is 6.17 Å². The third kappa shape index (κ3) is 1.81. The lowest BCUT2D eigenvalue weighted by atomic mass is 9.91. The molecule has 1 atom stereocenters. The van der Waals surface area contributed by atoms with Gasteiger partial charge < -0.3 is 0 Å². The summed E-state index contributed by atoms with van der Waals surface area (Å²) >= 11 is 0. The van der Waals surface area contributed by atoms with E-state index in [0.717, 1.165) is 12.1 Å². The van der Waals surface area contributed by atoms with E-state index >= 15 is 0 Å². The van der Waals surface area contributed by atoms with E-state index in [0.29, 0.717) is 6.17 Å². The summed E-state index contributed by atoms with van der Waals surface area (Å²) in [6.07, 6.45) is 8.05. The van der Waals surface area contributed by atoms with Crippen molar-refractivity contribution in [3.05, 3.63) is 24.4 Å². The molecule has 3 nitrogen and oxygen atoms in total. The van der Waals surface area contributed by atoms with Crippen molar-refractivity contribution in [2.75, 3.05) is 11.9 Å². The Balaban J connectivity index is 2.01. The van der Waals surface area contributed by atoms with Crippen LogP contribution in [0.4, 0.5) is 5.82 Å². The largest absolute Gasteiger partial charge is 0.277 e. The van der Waals surface area contributed by atoms with Crippen molar-refractivity contribution >= 4 is 5.82 Å². The van der Waals surface area contributed by atoms with Crippen molar-refractivity contribution in [1.29, 1.82) is 0 Å². The monoisotopic (exact) mass is 246 g/mol. The normalized spacial score (nSPS) is 32.6. The van der Waals surface area contributed by atoms with E-state index in [1.165, 1.54) is 31.5 Å². The minimum atomic E-state index is 0.499. The van der Waals surface area contributed by atoms with E-state index < -0.39 is 0 Å². The highest BCUT2D eigenvalue weighted by molar-refractivity contribution is 5.36. The molecule has 2 saturated heterocycles. The molecular weight excluding hydrogens is 222 g/mol. The summed E-state index contributed by atoms with van der Waals surface area (Å²) < 4.78 is 2.25. The molecule has 4 rings (SSSR count). The number of anilines is 1. The molecule has 2 aliphatic heterocycles. The zero-order valence-corrected chi connectivity index (χ0v) is 11.7. The fourth-order valence-corrected chi connectivity index (χ4v) is 3.71. The van der Waals surface area contributed by atoms with Crippen LogP contribution >= 0.6 is 0 Å². The quantitative estimate of drug-likeness (QED) is 0.701. The second kappa shape index (κ2) is 4.54. The predicted molar refractivity (Wildman–Crippen MR) is 73.4 cm³/mol. The first kappa shape index (κ1) is 12.0. The average molecular weight is 246 g/mol. The number of aromatic nitrogens is 1. The van der Waals surface area contributed by atoms with Gasteiger partial charge in [-0.1, -0.05) is 6.07 Å². The Kier molecular flexibility index (Phi) is 3.02. The van der Waals surface area contributed by atoms with E-state index in [9.17, 15) is 0 Å². The number of hydrogen-bond acceptors (Lipinski definition) is 2. The molecule has 1 unspecified atom stereocenters. The van der Waals surface area contributed by atoms with Gasteiger partial charge in [0.15, 0.2) is 0 Å². The SMILES string of the molecule is CC1N(C)C2CCC(CC2)N1c1cccc[n+]1C. The summed E-state index contributed by atoms with van der Waals surface area (Å²) in [4.78, 5) is 5.20. The Morgan fingerprint density at radius 1 is 1.11 bits per heavy atom. The molecule has 0 spiro atoms. The van der Waals surface area contributed by atoms with E-state index in [4.69, 9.17) is 0 Å². The third-order valence-corrected chi connectivity index (χ3v) is 4.92. The first-order chi connectivity index (χ1) is 8.68. The van der Waals surface area contributed by atoms with Crippen LogP contribution in [0.15, 0.2) is 24.4 Å². The van der Waals surface area contributed by atoms with Crippen molar-refractivity contribution in [2.24, 2.45) is 7.05 Å². The summed E-state index contributed by atoms with van der Waals surface area (Å²) in [6, 6.07) is 8.01. The Morgan fingerprint density at radius 3 is 2.44 bits per heavy atom. The fraction of sp³-hybridized carbons (Fsp3) is 0.667. The van der Waals surface area contributed by atoms with Gasteiger partial charge in [-0.2, -0.15) is 0 Å². The molecule has 98 valence electrons. The van der Waals surface area contributed by atoms with E-state index in [2.05, 4.69) is 59.8 Å². The summed E-state index contributed by atoms with van der Waals surface area (Å²) in [5, 5.41) is 0. The van der Waals surface area contributed by atoms with Crippen LogP contribution < -0.4 is 9.47 Å². The van der Waals surface area contributed by atoms with Crippen LogP contribution in [0.5, 0.6) is 0 Å². The van der Waals surface area contributed by atoms with Crippen LogP contribution in [0, 0.1) is 0 Å². The highest BCUT2D eigenvalue weighted by Gasteiger charge is 2.43. The molecule has 2 bridgehead atoms. The zero-order chi connectivity index (χ0) is 12.7. The number of fused-ring (bicyclic) bond motifs is 4. The van der Waals surface area contributed by atoms with Gasteiger partial charge in [0.25, 0.3) is 5.82 Å². The fourth-order valence-electron chi connectivity index (χ4n) is 3.71. The molecule has 0 radical (unpaired) electrons. The molecule has 3 heterocycles. The first-order valence-electron chi connectivity index (χ1n) is 7.13. The number of nitrogens with zero attached hydrogens (tertiary/aromatic N) is 3. The lowest BCUT2D eigenvalue weighted by Crippen LogP contribution is -2.51. The van der Waals surface area contributed by atoms with Gasteiger partial charge in [-0.3, -0.25) is 4.90 Å². The number of hydrogen-bond donors (Lipinski definition) is 0. The smallest absolute Gasteiger partial charge is 0.266 e. The minimum absolute atomic E-state index is 0.499. The van der Waals surface area contributed by atoms with Crippen LogP contribution in [0.2, 0.25) is 0 Å². The van der Waals surface area contributed by atoms with Crippen LogP contribution in [-0.4, -0.2) is 30.2 Å². The molecule has 3 fully saturated rings. The molecule has 3 aliphatic rings. The lowest BCUT2D eigenvalue weighted by Gasteiger charge is -2.31. The maximum atomic E-state index is 2.63. The van der Waals surface area contributed by atoms with Gasteiger partial charge >= 0.3 is 0 Å². The average Bonchev–Trinajstić information content (AvgIpc) is 2.58. The standard InChI is InChI=1S/C15H24N3/c1-12-17(3)13-7-9-14(10-8-13)18(12)15-6-4-5-11-16(15)2/h4-6,11-14H,7-10H2,1-3H3/q+1. The molecule has 0 aromatic carbocycles. The van der Waals surface area contributed by atoms with E-state index in [-0.39, 0.29) is 0 Å². The van der Waals surface area contributed by atoms with Crippen molar-refractivity contribution in [2.45, 2.75) is 50.9 Å².